The van der Waals surface area contributed by atoms with E-state index in [4.69, 9.17) is 10.5 Å². The molecule has 2 rings (SSSR count). The Kier molecular flexibility index (Phi) is 3.42. The quantitative estimate of drug-likeness (QED) is 0.808. The second-order valence-corrected chi connectivity index (χ2v) is 4.46. The van der Waals surface area contributed by atoms with Gasteiger partial charge in [0.2, 0.25) is 0 Å². The lowest BCUT2D eigenvalue weighted by molar-refractivity contribution is 0.417. The predicted octanol–water partition coefficient (Wildman–Crippen LogP) is 3.64. The number of benzene rings is 2. The monoisotopic (exact) mass is 242 g/mol. The Morgan fingerprint density at radius 2 is 1.61 bits per heavy atom. The van der Waals surface area contributed by atoms with Crippen LogP contribution in [-0.4, -0.2) is 7.11 Å². The van der Waals surface area contributed by atoms with Crippen LogP contribution in [0.1, 0.15) is 11.1 Å². The van der Waals surface area contributed by atoms with Gasteiger partial charge in [-0.15, -0.1) is 0 Å². The Labute approximate surface area is 108 Å². The van der Waals surface area contributed by atoms with E-state index < -0.39 is 0 Å². The predicted molar refractivity (Wildman–Crippen MR) is 76.6 cm³/mol. The fraction of sp³-hybridized carbons (Fsp3) is 0.200. The molecule has 0 aliphatic heterocycles. The van der Waals surface area contributed by atoms with Crippen LogP contribution in [-0.2, 0) is 0 Å². The van der Waals surface area contributed by atoms with Gasteiger partial charge in [0.25, 0.3) is 0 Å². The second kappa shape index (κ2) is 5.00. The van der Waals surface area contributed by atoms with Crippen molar-refractivity contribution >= 4 is 17.1 Å². The first-order chi connectivity index (χ1) is 8.58. The zero-order valence-electron chi connectivity index (χ0n) is 10.9. The Hall–Kier alpha value is -2.16. The Morgan fingerprint density at radius 3 is 2.22 bits per heavy atom. The lowest BCUT2D eigenvalue weighted by Gasteiger charge is -2.11. The molecule has 0 aliphatic carbocycles. The molecule has 94 valence electrons. The molecule has 3 heteroatoms. The maximum atomic E-state index is 5.79. The van der Waals surface area contributed by atoms with Gasteiger partial charge in [0.15, 0.2) is 0 Å². The molecule has 3 nitrogen and oxygen atoms in total. The van der Waals surface area contributed by atoms with Crippen molar-refractivity contribution in [3.8, 4) is 5.75 Å². The van der Waals surface area contributed by atoms with Crippen LogP contribution >= 0.6 is 0 Å². The van der Waals surface area contributed by atoms with E-state index in [-0.39, 0.29) is 0 Å². The van der Waals surface area contributed by atoms with Crippen LogP contribution in [0.5, 0.6) is 5.75 Å². The van der Waals surface area contributed by atoms with Crippen LogP contribution in [0.3, 0.4) is 0 Å². The minimum Gasteiger partial charge on any atom is -0.495 e. The van der Waals surface area contributed by atoms with Gasteiger partial charge in [-0.2, -0.15) is 0 Å². The smallest absolute Gasteiger partial charge is 0.143 e. The van der Waals surface area contributed by atoms with Gasteiger partial charge in [0.1, 0.15) is 5.75 Å². The van der Waals surface area contributed by atoms with Gasteiger partial charge in [-0.05, 0) is 49.2 Å². The molecule has 0 aromatic heterocycles. The Bertz CT molecular complexity index is 544. The van der Waals surface area contributed by atoms with E-state index in [1.54, 1.807) is 7.11 Å². The topological polar surface area (TPSA) is 47.3 Å². The summed E-state index contributed by atoms with van der Waals surface area (Å²) in [6, 6.07) is 12.0. The Morgan fingerprint density at radius 1 is 0.944 bits per heavy atom. The summed E-state index contributed by atoms with van der Waals surface area (Å²) in [6.45, 7) is 4.17. The zero-order chi connectivity index (χ0) is 13.1. The summed E-state index contributed by atoms with van der Waals surface area (Å²) in [7, 11) is 1.62. The van der Waals surface area contributed by atoms with Gasteiger partial charge in [0, 0.05) is 17.4 Å². The number of nitrogens with one attached hydrogen (secondary N) is 1. The molecule has 0 heterocycles. The molecule has 2 aromatic rings. The third-order valence-corrected chi connectivity index (χ3v) is 2.74. The molecule has 3 N–H and O–H groups in total. The number of nitrogen functional groups attached to an aromatic ring is 1. The lowest BCUT2D eigenvalue weighted by Crippen LogP contribution is -1.96. The van der Waals surface area contributed by atoms with Crippen molar-refractivity contribution in [2.45, 2.75) is 13.8 Å². The molecular formula is C15H18N2O. The molecule has 0 saturated heterocycles. The number of anilines is 3. The SMILES string of the molecule is COc1cc(Nc2cc(C)cc(C)c2)ccc1N. The van der Waals surface area contributed by atoms with Gasteiger partial charge in [-0.3, -0.25) is 0 Å². The largest absolute Gasteiger partial charge is 0.495 e. The molecule has 0 spiro atoms. The second-order valence-electron chi connectivity index (χ2n) is 4.46. The average molecular weight is 242 g/mol. The van der Waals surface area contributed by atoms with Gasteiger partial charge < -0.3 is 15.8 Å². The summed E-state index contributed by atoms with van der Waals surface area (Å²) in [5, 5.41) is 3.35. The van der Waals surface area contributed by atoms with Crippen LogP contribution < -0.4 is 15.8 Å². The minimum atomic E-state index is 0.642. The number of rotatable bonds is 3. The van der Waals surface area contributed by atoms with E-state index in [2.05, 4.69) is 37.4 Å². The van der Waals surface area contributed by atoms with Crippen molar-refractivity contribution in [3.63, 3.8) is 0 Å². The molecule has 0 fully saturated rings. The summed E-state index contributed by atoms with van der Waals surface area (Å²) in [6.07, 6.45) is 0. The summed E-state index contributed by atoms with van der Waals surface area (Å²) in [5.74, 6) is 0.685. The average Bonchev–Trinajstić information content (AvgIpc) is 2.30. The molecule has 0 saturated carbocycles. The first kappa shape index (κ1) is 12.3. The van der Waals surface area contributed by atoms with Crippen LogP contribution in [0.4, 0.5) is 17.1 Å². The van der Waals surface area contributed by atoms with E-state index >= 15 is 0 Å². The first-order valence-electron chi connectivity index (χ1n) is 5.87. The highest BCUT2D eigenvalue weighted by atomic mass is 16.5. The molecule has 0 unspecified atom stereocenters. The lowest BCUT2D eigenvalue weighted by atomic mass is 10.1. The van der Waals surface area contributed by atoms with E-state index in [1.807, 2.05) is 18.2 Å². The number of nitrogens with two attached hydrogens (primary N) is 1. The fourth-order valence-electron chi connectivity index (χ4n) is 2.00. The maximum absolute atomic E-state index is 5.79. The van der Waals surface area contributed by atoms with Crippen LogP contribution in [0.2, 0.25) is 0 Å². The fourth-order valence-corrected chi connectivity index (χ4v) is 2.00. The van der Waals surface area contributed by atoms with Gasteiger partial charge in [-0.25, -0.2) is 0 Å². The normalized spacial score (nSPS) is 10.2. The third-order valence-electron chi connectivity index (χ3n) is 2.74. The highest BCUT2D eigenvalue weighted by Crippen LogP contribution is 2.27. The standard InChI is InChI=1S/C15H18N2O/c1-10-6-11(2)8-13(7-10)17-12-4-5-14(16)15(9-12)18-3/h4-9,17H,16H2,1-3H3. The highest BCUT2D eigenvalue weighted by Gasteiger charge is 2.02. The summed E-state index contributed by atoms with van der Waals surface area (Å²) < 4.78 is 5.21. The van der Waals surface area contributed by atoms with E-state index in [0.29, 0.717) is 11.4 Å². The van der Waals surface area contributed by atoms with Gasteiger partial charge in [-0.1, -0.05) is 6.07 Å². The van der Waals surface area contributed by atoms with Gasteiger partial charge in [0.05, 0.1) is 12.8 Å². The van der Waals surface area contributed by atoms with Crippen molar-refractivity contribution < 1.29 is 4.74 Å². The van der Waals surface area contributed by atoms with Crippen molar-refractivity contribution in [1.82, 2.24) is 0 Å². The summed E-state index contributed by atoms with van der Waals surface area (Å²) in [4.78, 5) is 0. The minimum absolute atomic E-state index is 0.642. The van der Waals surface area contributed by atoms with E-state index in [0.717, 1.165) is 11.4 Å². The molecule has 0 radical (unpaired) electrons. The van der Waals surface area contributed by atoms with E-state index in [9.17, 15) is 0 Å². The number of ether oxygens (including phenoxy) is 1. The third kappa shape index (κ3) is 2.74. The molecule has 0 bridgehead atoms. The molecule has 0 amide bonds. The number of hydrogen-bond donors (Lipinski definition) is 2. The highest BCUT2D eigenvalue weighted by molar-refractivity contribution is 5.67. The number of methoxy groups -OCH3 is 1. The van der Waals surface area contributed by atoms with Gasteiger partial charge >= 0.3 is 0 Å². The first-order valence-corrected chi connectivity index (χ1v) is 5.87. The van der Waals surface area contributed by atoms with Crippen molar-refractivity contribution in [2.24, 2.45) is 0 Å². The van der Waals surface area contributed by atoms with Crippen LogP contribution in [0, 0.1) is 13.8 Å². The Balaban J connectivity index is 2.28. The van der Waals surface area contributed by atoms with Crippen molar-refractivity contribution in [2.75, 3.05) is 18.2 Å². The molecule has 18 heavy (non-hydrogen) atoms. The van der Waals surface area contributed by atoms with Crippen LogP contribution in [0.25, 0.3) is 0 Å². The maximum Gasteiger partial charge on any atom is 0.143 e. The summed E-state index contributed by atoms with van der Waals surface area (Å²) in [5.41, 5.74) is 10.9. The summed E-state index contributed by atoms with van der Waals surface area (Å²) >= 11 is 0. The van der Waals surface area contributed by atoms with Crippen LogP contribution in [0.15, 0.2) is 36.4 Å². The molecular weight excluding hydrogens is 224 g/mol. The van der Waals surface area contributed by atoms with Crippen molar-refractivity contribution in [1.29, 1.82) is 0 Å². The van der Waals surface area contributed by atoms with Crippen molar-refractivity contribution in [3.05, 3.63) is 47.5 Å². The zero-order valence-corrected chi connectivity index (χ0v) is 10.9. The molecule has 0 atom stereocenters. The number of aryl methyl sites for hydroxylation is 2. The molecule has 2 aromatic carbocycles. The number of hydrogen-bond acceptors (Lipinski definition) is 3. The molecule has 0 aliphatic rings. The van der Waals surface area contributed by atoms with E-state index in [1.165, 1.54) is 11.1 Å².